The van der Waals surface area contributed by atoms with Crippen LogP contribution in [0.15, 0.2) is 33.2 Å². The van der Waals surface area contributed by atoms with Crippen LogP contribution in [-0.4, -0.2) is 12.6 Å². The number of benzene rings is 1. The van der Waals surface area contributed by atoms with Crippen LogP contribution in [0.4, 0.5) is 0 Å². The Balaban J connectivity index is 2.38. The molecule has 3 nitrogen and oxygen atoms in total. The van der Waals surface area contributed by atoms with Gasteiger partial charge in [-0.25, -0.2) is 4.79 Å². The van der Waals surface area contributed by atoms with Crippen molar-refractivity contribution in [3.63, 3.8) is 0 Å². The fourth-order valence-corrected chi connectivity index (χ4v) is 2.40. The Labute approximate surface area is 128 Å². The summed E-state index contributed by atoms with van der Waals surface area (Å²) in [5.74, 6) is 0.0856. The van der Waals surface area contributed by atoms with Crippen LogP contribution in [0.2, 0.25) is 10.0 Å². The summed E-state index contributed by atoms with van der Waals surface area (Å²) < 4.78 is 11.0. The molecule has 0 unspecified atom stereocenters. The minimum atomic E-state index is -0.506. The molecule has 6 heteroatoms. The summed E-state index contributed by atoms with van der Waals surface area (Å²) >= 11 is 15.4. The van der Waals surface area contributed by atoms with Crippen LogP contribution in [0.1, 0.15) is 17.5 Å². The van der Waals surface area contributed by atoms with E-state index in [0.29, 0.717) is 32.4 Å². The Morgan fingerprint density at radius 2 is 2.05 bits per heavy atom. The van der Waals surface area contributed by atoms with E-state index in [1.807, 2.05) is 0 Å². The van der Waals surface area contributed by atoms with Crippen molar-refractivity contribution in [2.24, 2.45) is 0 Å². The Kier molecular flexibility index (Phi) is 4.55. The zero-order chi connectivity index (χ0) is 14.0. The summed E-state index contributed by atoms with van der Waals surface area (Å²) in [6, 6.07) is 6.53. The fraction of sp³-hybridized carbons (Fsp3) is 0.154. The van der Waals surface area contributed by atoms with Crippen LogP contribution < -0.4 is 0 Å². The molecule has 0 saturated heterocycles. The number of halogens is 3. The zero-order valence-electron chi connectivity index (χ0n) is 9.88. The maximum absolute atomic E-state index is 11.5. The van der Waals surface area contributed by atoms with Gasteiger partial charge in [-0.05, 0) is 47.1 Å². The van der Waals surface area contributed by atoms with Gasteiger partial charge in [-0.3, -0.25) is 0 Å². The fourth-order valence-electron chi connectivity index (χ4n) is 1.51. The Morgan fingerprint density at radius 1 is 1.32 bits per heavy atom. The normalized spacial score (nSPS) is 10.5. The number of carbonyl (C=O) groups excluding carboxylic acids is 1. The molecule has 0 saturated carbocycles. The third-order valence-corrected chi connectivity index (χ3v) is 3.87. The Hall–Kier alpha value is -0.970. The molecular weight excluding hydrogens is 355 g/mol. The molecule has 0 bridgehead atoms. The van der Waals surface area contributed by atoms with E-state index in [9.17, 15) is 4.79 Å². The standard InChI is InChI=1S/C13H9BrCl2O3/c1-2-18-13(17)12-4-3-11(19-12)7-5-10(16)8(14)6-9(7)15/h3-6H,2H2,1H3. The van der Waals surface area contributed by atoms with Crippen molar-refractivity contribution in [1.29, 1.82) is 0 Å². The molecule has 0 radical (unpaired) electrons. The first kappa shape index (κ1) is 14.4. The van der Waals surface area contributed by atoms with E-state index in [-0.39, 0.29) is 5.76 Å². The zero-order valence-corrected chi connectivity index (χ0v) is 13.0. The van der Waals surface area contributed by atoms with E-state index in [0.717, 1.165) is 0 Å². The van der Waals surface area contributed by atoms with E-state index in [1.165, 1.54) is 0 Å². The third kappa shape index (κ3) is 3.14. The molecule has 0 fully saturated rings. The minimum Gasteiger partial charge on any atom is -0.460 e. The highest BCUT2D eigenvalue weighted by atomic mass is 79.9. The summed E-state index contributed by atoms with van der Waals surface area (Å²) in [6.45, 7) is 2.02. The molecular formula is C13H9BrCl2O3. The predicted molar refractivity (Wildman–Crippen MR) is 77.8 cm³/mol. The molecule has 0 aliphatic rings. The lowest BCUT2D eigenvalue weighted by Crippen LogP contribution is -2.02. The quantitative estimate of drug-likeness (QED) is 0.556. The number of carbonyl (C=O) groups is 1. The first-order valence-electron chi connectivity index (χ1n) is 5.44. The molecule has 0 spiro atoms. The molecule has 0 atom stereocenters. The maximum Gasteiger partial charge on any atom is 0.374 e. The van der Waals surface area contributed by atoms with E-state index in [1.54, 1.807) is 31.2 Å². The summed E-state index contributed by atoms with van der Waals surface area (Å²) in [4.78, 5) is 11.5. The van der Waals surface area contributed by atoms with Gasteiger partial charge in [0.25, 0.3) is 0 Å². The van der Waals surface area contributed by atoms with Crippen LogP contribution in [-0.2, 0) is 4.74 Å². The SMILES string of the molecule is CCOC(=O)c1ccc(-c2cc(Cl)c(Br)cc2Cl)o1. The molecule has 2 rings (SSSR count). The molecule has 100 valence electrons. The van der Waals surface area contributed by atoms with Crippen LogP contribution >= 0.6 is 39.1 Å². The topological polar surface area (TPSA) is 39.4 Å². The highest BCUT2D eigenvalue weighted by Gasteiger charge is 2.15. The van der Waals surface area contributed by atoms with Gasteiger partial charge in [-0.1, -0.05) is 23.2 Å². The van der Waals surface area contributed by atoms with Crippen LogP contribution in [0, 0.1) is 0 Å². The lowest BCUT2D eigenvalue weighted by atomic mass is 10.2. The number of hydrogen-bond donors (Lipinski definition) is 0. The van der Waals surface area contributed by atoms with Crippen molar-refractivity contribution < 1.29 is 13.9 Å². The lowest BCUT2D eigenvalue weighted by molar-refractivity contribution is 0.0491. The van der Waals surface area contributed by atoms with Gasteiger partial charge in [0.05, 0.1) is 16.7 Å². The number of ether oxygens (including phenoxy) is 1. The van der Waals surface area contributed by atoms with Gasteiger partial charge in [0, 0.05) is 10.0 Å². The average Bonchev–Trinajstić information content (AvgIpc) is 2.83. The van der Waals surface area contributed by atoms with E-state index in [4.69, 9.17) is 32.4 Å². The van der Waals surface area contributed by atoms with Crippen molar-refractivity contribution in [2.75, 3.05) is 6.61 Å². The monoisotopic (exact) mass is 362 g/mol. The van der Waals surface area contributed by atoms with Crippen molar-refractivity contribution in [3.8, 4) is 11.3 Å². The first-order chi connectivity index (χ1) is 9.02. The average molecular weight is 364 g/mol. The first-order valence-corrected chi connectivity index (χ1v) is 6.99. The lowest BCUT2D eigenvalue weighted by Gasteiger charge is -2.04. The highest BCUT2D eigenvalue weighted by Crippen LogP contribution is 2.36. The van der Waals surface area contributed by atoms with Crippen molar-refractivity contribution in [3.05, 3.63) is 44.5 Å². The number of rotatable bonds is 3. The molecule has 19 heavy (non-hydrogen) atoms. The summed E-state index contributed by atoms with van der Waals surface area (Å²) in [5, 5.41) is 0.981. The second-order valence-corrected chi connectivity index (χ2v) is 5.30. The number of esters is 1. The second kappa shape index (κ2) is 5.99. The largest absolute Gasteiger partial charge is 0.460 e. The van der Waals surface area contributed by atoms with Crippen LogP contribution in [0.25, 0.3) is 11.3 Å². The molecule has 2 aromatic rings. The highest BCUT2D eigenvalue weighted by molar-refractivity contribution is 9.10. The molecule has 0 aliphatic heterocycles. The predicted octanol–water partition coefficient (Wildman–Crippen LogP) is 5.19. The van der Waals surface area contributed by atoms with Crippen LogP contribution in [0.3, 0.4) is 0 Å². The maximum atomic E-state index is 11.5. The van der Waals surface area contributed by atoms with Crippen LogP contribution in [0.5, 0.6) is 0 Å². The van der Waals surface area contributed by atoms with Gasteiger partial charge >= 0.3 is 5.97 Å². The smallest absolute Gasteiger partial charge is 0.374 e. The molecule has 0 N–H and O–H groups in total. The van der Waals surface area contributed by atoms with Gasteiger partial charge < -0.3 is 9.15 Å². The molecule has 1 aromatic heterocycles. The van der Waals surface area contributed by atoms with Gasteiger partial charge in [-0.15, -0.1) is 0 Å². The minimum absolute atomic E-state index is 0.131. The van der Waals surface area contributed by atoms with E-state index >= 15 is 0 Å². The summed E-state index contributed by atoms with van der Waals surface area (Å²) in [6.07, 6.45) is 0. The Bertz CT molecular complexity index is 622. The Morgan fingerprint density at radius 3 is 2.74 bits per heavy atom. The van der Waals surface area contributed by atoms with E-state index < -0.39 is 5.97 Å². The van der Waals surface area contributed by atoms with Gasteiger partial charge in [0.1, 0.15) is 5.76 Å². The molecule has 0 aliphatic carbocycles. The van der Waals surface area contributed by atoms with Gasteiger partial charge in [-0.2, -0.15) is 0 Å². The second-order valence-electron chi connectivity index (χ2n) is 3.63. The van der Waals surface area contributed by atoms with E-state index in [2.05, 4.69) is 15.9 Å². The summed E-state index contributed by atoms with van der Waals surface area (Å²) in [5.41, 5.74) is 0.616. The van der Waals surface area contributed by atoms with Crippen molar-refractivity contribution in [1.82, 2.24) is 0 Å². The molecule has 0 amide bonds. The number of hydrogen-bond acceptors (Lipinski definition) is 3. The molecule has 1 heterocycles. The number of furan rings is 1. The molecule has 1 aromatic carbocycles. The van der Waals surface area contributed by atoms with Gasteiger partial charge in [0.2, 0.25) is 5.76 Å². The third-order valence-electron chi connectivity index (χ3n) is 2.36. The van der Waals surface area contributed by atoms with Gasteiger partial charge in [0.15, 0.2) is 0 Å². The van der Waals surface area contributed by atoms with Crippen molar-refractivity contribution in [2.45, 2.75) is 6.92 Å². The summed E-state index contributed by atoms with van der Waals surface area (Å²) in [7, 11) is 0. The van der Waals surface area contributed by atoms with Crippen molar-refractivity contribution >= 4 is 45.1 Å².